The molecule has 0 atom stereocenters. The lowest BCUT2D eigenvalue weighted by Gasteiger charge is -2.26. The van der Waals surface area contributed by atoms with Crippen LogP contribution in [-0.2, 0) is 14.3 Å². The number of carbonyl (C=O) groups excluding carboxylic acids is 2. The molecule has 0 radical (unpaired) electrons. The van der Waals surface area contributed by atoms with Crippen LogP contribution in [0, 0.1) is 6.92 Å². The first-order valence-corrected chi connectivity index (χ1v) is 8.01. The highest BCUT2D eigenvalue weighted by molar-refractivity contribution is 9.10. The summed E-state index contributed by atoms with van der Waals surface area (Å²) < 4.78 is 6.01. The highest BCUT2D eigenvalue weighted by atomic mass is 79.9. The zero-order valence-corrected chi connectivity index (χ0v) is 14.1. The minimum Gasteiger partial charge on any atom is -0.379 e. The minimum atomic E-state index is -0.661. The number of nitrogens with one attached hydrogen (secondary N) is 2. The highest BCUT2D eigenvalue weighted by Crippen LogP contribution is 2.23. The number of amides is 2. The molecule has 22 heavy (non-hydrogen) atoms. The number of morpholine rings is 1. The van der Waals surface area contributed by atoms with Crippen molar-refractivity contribution in [2.45, 2.75) is 6.92 Å². The number of benzene rings is 1. The van der Waals surface area contributed by atoms with Gasteiger partial charge in [-0.05, 0) is 40.5 Å². The van der Waals surface area contributed by atoms with E-state index < -0.39 is 11.8 Å². The number of ether oxygens (including phenoxy) is 1. The van der Waals surface area contributed by atoms with E-state index in [1.165, 1.54) is 0 Å². The zero-order valence-electron chi connectivity index (χ0n) is 12.5. The maximum Gasteiger partial charge on any atom is 0.313 e. The number of halogens is 1. The Hall–Kier alpha value is -1.44. The standard InChI is InChI=1S/C15H20BrN3O3/c1-11-2-3-13(12(16)10-11)18-15(21)14(20)17-4-5-19-6-8-22-9-7-19/h2-3,10H,4-9H2,1H3,(H,17,20)(H,18,21). The number of anilines is 1. The van der Waals surface area contributed by atoms with Crippen molar-refractivity contribution in [3.8, 4) is 0 Å². The lowest BCUT2D eigenvalue weighted by Crippen LogP contribution is -2.43. The third-order valence-corrected chi connectivity index (χ3v) is 4.05. The van der Waals surface area contributed by atoms with E-state index in [2.05, 4.69) is 31.5 Å². The summed E-state index contributed by atoms with van der Waals surface area (Å²) in [6.45, 7) is 6.27. The second-order valence-electron chi connectivity index (χ2n) is 5.15. The van der Waals surface area contributed by atoms with Crippen LogP contribution in [0.4, 0.5) is 5.69 Å². The maximum atomic E-state index is 11.9. The Morgan fingerprint density at radius 1 is 1.27 bits per heavy atom. The zero-order chi connectivity index (χ0) is 15.9. The molecule has 2 amide bonds. The molecule has 1 fully saturated rings. The first-order valence-electron chi connectivity index (χ1n) is 7.21. The van der Waals surface area contributed by atoms with Gasteiger partial charge in [-0.3, -0.25) is 14.5 Å². The number of hydrogen-bond donors (Lipinski definition) is 2. The van der Waals surface area contributed by atoms with E-state index in [1.54, 1.807) is 6.07 Å². The lowest BCUT2D eigenvalue weighted by atomic mass is 10.2. The maximum absolute atomic E-state index is 11.9. The first-order chi connectivity index (χ1) is 10.6. The van der Waals surface area contributed by atoms with Crippen LogP contribution in [0.3, 0.4) is 0 Å². The molecule has 1 aliphatic heterocycles. The third kappa shape index (κ3) is 5.08. The molecule has 0 aromatic heterocycles. The fraction of sp³-hybridized carbons (Fsp3) is 0.467. The minimum absolute atomic E-state index is 0.446. The monoisotopic (exact) mass is 369 g/mol. The Kier molecular flexibility index (Phi) is 6.35. The summed E-state index contributed by atoms with van der Waals surface area (Å²) in [7, 11) is 0. The molecule has 7 heteroatoms. The molecule has 1 aromatic carbocycles. The van der Waals surface area contributed by atoms with Crippen LogP contribution in [0.25, 0.3) is 0 Å². The van der Waals surface area contributed by atoms with Gasteiger partial charge in [0.15, 0.2) is 0 Å². The van der Waals surface area contributed by atoms with E-state index in [0.717, 1.165) is 42.9 Å². The van der Waals surface area contributed by atoms with Crippen LogP contribution in [-0.4, -0.2) is 56.1 Å². The number of hydrogen-bond acceptors (Lipinski definition) is 4. The van der Waals surface area contributed by atoms with Gasteiger partial charge in [-0.25, -0.2) is 0 Å². The Labute approximate surface area is 138 Å². The van der Waals surface area contributed by atoms with Crippen LogP contribution in [0.2, 0.25) is 0 Å². The van der Waals surface area contributed by atoms with E-state index in [-0.39, 0.29) is 0 Å². The molecule has 1 aliphatic rings. The second-order valence-corrected chi connectivity index (χ2v) is 6.00. The number of aryl methyl sites for hydroxylation is 1. The summed E-state index contributed by atoms with van der Waals surface area (Å²) >= 11 is 3.36. The van der Waals surface area contributed by atoms with Crippen molar-refractivity contribution in [2.24, 2.45) is 0 Å². The summed E-state index contributed by atoms with van der Waals surface area (Å²) in [5, 5.41) is 5.23. The van der Waals surface area contributed by atoms with Gasteiger partial charge in [0, 0.05) is 30.7 Å². The van der Waals surface area contributed by atoms with Gasteiger partial charge < -0.3 is 15.4 Å². The van der Waals surface area contributed by atoms with Gasteiger partial charge in [-0.2, -0.15) is 0 Å². The quantitative estimate of drug-likeness (QED) is 0.780. The average molecular weight is 370 g/mol. The normalized spacial score (nSPS) is 15.4. The number of nitrogens with zero attached hydrogens (tertiary/aromatic N) is 1. The summed E-state index contributed by atoms with van der Waals surface area (Å²) in [6, 6.07) is 5.51. The summed E-state index contributed by atoms with van der Waals surface area (Å²) in [6.07, 6.45) is 0. The number of carbonyl (C=O) groups is 2. The molecule has 0 unspecified atom stereocenters. The van der Waals surface area contributed by atoms with Gasteiger partial charge in [-0.15, -0.1) is 0 Å². The summed E-state index contributed by atoms with van der Waals surface area (Å²) in [5.41, 5.74) is 1.65. The van der Waals surface area contributed by atoms with Crippen molar-refractivity contribution in [1.82, 2.24) is 10.2 Å². The molecule has 120 valence electrons. The predicted octanol–water partition coefficient (Wildman–Crippen LogP) is 1.14. The molecule has 1 aromatic rings. The topological polar surface area (TPSA) is 70.7 Å². The molecule has 0 spiro atoms. The van der Waals surface area contributed by atoms with Crippen LogP contribution >= 0.6 is 15.9 Å². The molecule has 2 N–H and O–H groups in total. The van der Waals surface area contributed by atoms with E-state index in [0.29, 0.717) is 12.2 Å². The van der Waals surface area contributed by atoms with Gasteiger partial charge in [0.25, 0.3) is 0 Å². The molecule has 0 aliphatic carbocycles. The van der Waals surface area contributed by atoms with Gasteiger partial charge in [0.05, 0.1) is 18.9 Å². The Balaban J connectivity index is 1.75. The third-order valence-electron chi connectivity index (χ3n) is 3.40. The Morgan fingerprint density at radius 3 is 2.68 bits per heavy atom. The second kappa shape index (κ2) is 8.26. The van der Waals surface area contributed by atoms with Crippen LogP contribution in [0.15, 0.2) is 22.7 Å². The summed E-state index contributed by atoms with van der Waals surface area (Å²) in [5.74, 6) is -1.28. The molecule has 1 heterocycles. The molecule has 2 rings (SSSR count). The van der Waals surface area contributed by atoms with Crippen molar-refractivity contribution in [3.05, 3.63) is 28.2 Å². The van der Waals surface area contributed by atoms with E-state index in [9.17, 15) is 9.59 Å². The van der Waals surface area contributed by atoms with Gasteiger partial charge >= 0.3 is 11.8 Å². The van der Waals surface area contributed by atoms with E-state index >= 15 is 0 Å². The fourth-order valence-corrected chi connectivity index (χ4v) is 2.73. The van der Waals surface area contributed by atoms with Crippen LogP contribution in [0.1, 0.15) is 5.56 Å². The predicted molar refractivity (Wildman–Crippen MR) is 87.8 cm³/mol. The highest BCUT2D eigenvalue weighted by Gasteiger charge is 2.15. The SMILES string of the molecule is Cc1ccc(NC(=O)C(=O)NCCN2CCOCC2)c(Br)c1. The van der Waals surface area contributed by atoms with Crippen LogP contribution < -0.4 is 10.6 Å². The lowest BCUT2D eigenvalue weighted by molar-refractivity contribution is -0.136. The van der Waals surface area contributed by atoms with Crippen LogP contribution in [0.5, 0.6) is 0 Å². The smallest absolute Gasteiger partial charge is 0.313 e. The fourth-order valence-electron chi connectivity index (χ4n) is 2.13. The molecule has 1 saturated heterocycles. The van der Waals surface area contributed by atoms with Crippen molar-refractivity contribution in [2.75, 3.05) is 44.7 Å². The molecule has 0 saturated carbocycles. The molecular formula is C15H20BrN3O3. The number of rotatable bonds is 4. The molecule has 6 nitrogen and oxygen atoms in total. The summed E-state index contributed by atoms with van der Waals surface area (Å²) in [4.78, 5) is 25.8. The van der Waals surface area contributed by atoms with Crippen molar-refractivity contribution in [3.63, 3.8) is 0 Å². The molecular weight excluding hydrogens is 350 g/mol. The van der Waals surface area contributed by atoms with Gasteiger partial charge in [0.1, 0.15) is 0 Å². The van der Waals surface area contributed by atoms with Gasteiger partial charge in [0.2, 0.25) is 0 Å². The van der Waals surface area contributed by atoms with Crippen molar-refractivity contribution < 1.29 is 14.3 Å². The Bertz CT molecular complexity index is 545. The van der Waals surface area contributed by atoms with Crippen molar-refractivity contribution >= 4 is 33.4 Å². The van der Waals surface area contributed by atoms with E-state index in [1.807, 2.05) is 19.1 Å². The van der Waals surface area contributed by atoms with E-state index in [4.69, 9.17) is 4.74 Å². The largest absolute Gasteiger partial charge is 0.379 e. The van der Waals surface area contributed by atoms with Crippen molar-refractivity contribution in [1.29, 1.82) is 0 Å². The molecule has 0 bridgehead atoms. The first kappa shape index (κ1) is 16.9. The average Bonchev–Trinajstić information content (AvgIpc) is 2.51. The Morgan fingerprint density at radius 2 is 2.00 bits per heavy atom. The van der Waals surface area contributed by atoms with Gasteiger partial charge in [-0.1, -0.05) is 6.07 Å².